The number of aromatic nitrogens is 4. The molecule has 0 fully saturated rings. The van der Waals surface area contributed by atoms with Crippen LogP contribution in [0.1, 0.15) is 12.8 Å². The highest BCUT2D eigenvalue weighted by Gasteiger charge is 2.02. The molecule has 0 aliphatic rings. The van der Waals surface area contributed by atoms with Gasteiger partial charge >= 0.3 is 0 Å². The second kappa shape index (κ2) is 6.20. The first kappa shape index (κ1) is 12.6. The lowest BCUT2D eigenvalue weighted by molar-refractivity contribution is 0.620. The molecule has 96 valence electrons. The molecule has 0 saturated carbocycles. The average Bonchev–Trinajstić information content (AvgIpc) is 2.86. The van der Waals surface area contributed by atoms with Crippen LogP contribution >= 0.6 is 11.6 Å². The van der Waals surface area contributed by atoms with Crippen molar-refractivity contribution >= 4 is 23.4 Å². The van der Waals surface area contributed by atoms with E-state index in [1.807, 2.05) is 12.5 Å². The van der Waals surface area contributed by atoms with E-state index in [1.54, 1.807) is 6.20 Å². The van der Waals surface area contributed by atoms with Crippen molar-refractivity contribution in [3.8, 4) is 0 Å². The summed E-state index contributed by atoms with van der Waals surface area (Å²) in [4.78, 5) is 11.8. The monoisotopic (exact) mass is 266 g/mol. The number of imidazole rings is 1. The summed E-state index contributed by atoms with van der Waals surface area (Å²) in [5.74, 6) is 0.812. The molecule has 2 rings (SSSR count). The minimum Gasteiger partial charge on any atom is -0.369 e. The molecule has 0 spiro atoms. The third-order valence-electron chi connectivity index (χ3n) is 2.46. The molecule has 3 N–H and O–H groups in total. The van der Waals surface area contributed by atoms with Crippen molar-refractivity contribution in [1.29, 1.82) is 0 Å². The van der Waals surface area contributed by atoms with Gasteiger partial charge in [0.05, 0.1) is 12.5 Å². The van der Waals surface area contributed by atoms with Crippen LogP contribution < -0.4 is 11.1 Å². The number of hydrogen-bond acceptors (Lipinski definition) is 5. The predicted octanol–water partition coefficient (Wildman–Crippen LogP) is 1.80. The van der Waals surface area contributed by atoms with Crippen LogP contribution in [0.3, 0.4) is 0 Å². The molecule has 0 unspecified atom stereocenters. The number of halogens is 1. The molecule has 0 aromatic carbocycles. The molecule has 0 amide bonds. The van der Waals surface area contributed by atoms with E-state index in [4.69, 9.17) is 17.3 Å². The zero-order valence-electron chi connectivity index (χ0n) is 9.88. The number of nitrogens with one attached hydrogen (secondary N) is 1. The lowest BCUT2D eigenvalue weighted by Gasteiger charge is -2.07. The fraction of sp³-hybridized carbons (Fsp3) is 0.364. The number of unbranched alkanes of at least 4 members (excludes halogenated alkanes) is 1. The fourth-order valence-corrected chi connectivity index (χ4v) is 1.71. The normalized spacial score (nSPS) is 10.5. The van der Waals surface area contributed by atoms with E-state index >= 15 is 0 Å². The van der Waals surface area contributed by atoms with E-state index < -0.39 is 0 Å². The molecule has 18 heavy (non-hydrogen) atoms. The summed E-state index contributed by atoms with van der Waals surface area (Å²) in [5, 5.41) is 3.63. The summed E-state index contributed by atoms with van der Waals surface area (Å²) in [5.41, 5.74) is 5.49. The highest BCUT2D eigenvalue weighted by Crippen LogP contribution is 2.18. The first-order valence-electron chi connectivity index (χ1n) is 5.73. The first-order valence-corrected chi connectivity index (χ1v) is 6.11. The van der Waals surface area contributed by atoms with Gasteiger partial charge in [0.1, 0.15) is 10.8 Å². The molecule has 0 radical (unpaired) electrons. The minimum absolute atomic E-state index is 0.223. The second-order valence-electron chi connectivity index (χ2n) is 3.86. The van der Waals surface area contributed by atoms with Crippen molar-refractivity contribution in [2.24, 2.45) is 0 Å². The van der Waals surface area contributed by atoms with Gasteiger partial charge in [-0.05, 0) is 12.8 Å². The zero-order chi connectivity index (χ0) is 12.8. The van der Waals surface area contributed by atoms with E-state index in [9.17, 15) is 0 Å². The Kier molecular flexibility index (Phi) is 4.35. The van der Waals surface area contributed by atoms with Crippen LogP contribution in [0.5, 0.6) is 0 Å². The van der Waals surface area contributed by atoms with Crippen molar-refractivity contribution < 1.29 is 0 Å². The van der Waals surface area contributed by atoms with Crippen LogP contribution in [0, 0.1) is 0 Å². The third-order valence-corrected chi connectivity index (χ3v) is 2.73. The number of rotatable bonds is 6. The zero-order valence-corrected chi connectivity index (χ0v) is 10.6. The summed E-state index contributed by atoms with van der Waals surface area (Å²) in [6.07, 6.45) is 9.12. The fourth-order valence-electron chi connectivity index (χ4n) is 1.55. The number of aryl methyl sites for hydroxylation is 1. The summed E-state index contributed by atoms with van der Waals surface area (Å²) in [7, 11) is 0. The Morgan fingerprint density at radius 1 is 1.39 bits per heavy atom. The van der Waals surface area contributed by atoms with Gasteiger partial charge in [0.25, 0.3) is 0 Å². The predicted molar refractivity (Wildman–Crippen MR) is 71.4 cm³/mol. The van der Waals surface area contributed by atoms with Crippen molar-refractivity contribution in [2.75, 3.05) is 17.6 Å². The van der Waals surface area contributed by atoms with Crippen LogP contribution in [0.4, 0.5) is 11.8 Å². The molecule has 2 heterocycles. The Labute approximate surface area is 110 Å². The van der Waals surface area contributed by atoms with Gasteiger partial charge < -0.3 is 15.6 Å². The molecule has 0 bridgehead atoms. The summed E-state index contributed by atoms with van der Waals surface area (Å²) >= 11 is 5.93. The Hall–Kier alpha value is -1.82. The lowest BCUT2D eigenvalue weighted by Crippen LogP contribution is -2.07. The van der Waals surface area contributed by atoms with Gasteiger partial charge in [0.15, 0.2) is 0 Å². The Morgan fingerprint density at radius 3 is 3.06 bits per heavy atom. The molecule has 0 aliphatic heterocycles. The van der Waals surface area contributed by atoms with Gasteiger partial charge in [-0.2, -0.15) is 4.98 Å². The SMILES string of the molecule is Nc1ncc(Cl)c(NCCCCn2ccnc2)n1. The van der Waals surface area contributed by atoms with Crippen LogP contribution in [0.2, 0.25) is 5.02 Å². The van der Waals surface area contributed by atoms with Gasteiger partial charge in [-0.15, -0.1) is 0 Å². The maximum Gasteiger partial charge on any atom is 0.222 e. The van der Waals surface area contributed by atoms with Crippen molar-refractivity contribution in [3.63, 3.8) is 0 Å². The maximum atomic E-state index is 5.93. The number of anilines is 2. The smallest absolute Gasteiger partial charge is 0.222 e. The minimum atomic E-state index is 0.223. The van der Waals surface area contributed by atoms with Crippen LogP contribution in [-0.4, -0.2) is 26.1 Å². The molecular weight excluding hydrogens is 252 g/mol. The topological polar surface area (TPSA) is 81.6 Å². The van der Waals surface area contributed by atoms with E-state index in [-0.39, 0.29) is 5.95 Å². The molecular formula is C11H15ClN6. The molecule has 6 nitrogen and oxygen atoms in total. The van der Waals surface area contributed by atoms with Crippen LogP contribution in [0.25, 0.3) is 0 Å². The van der Waals surface area contributed by atoms with E-state index in [1.165, 1.54) is 6.20 Å². The molecule has 2 aromatic rings. The van der Waals surface area contributed by atoms with Crippen molar-refractivity contribution in [2.45, 2.75) is 19.4 Å². The number of hydrogen-bond donors (Lipinski definition) is 2. The third kappa shape index (κ3) is 3.59. The molecule has 0 aliphatic carbocycles. The van der Waals surface area contributed by atoms with E-state index in [0.29, 0.717) is 10.8 Å². The summed E-state index contributed by atoms with van der Waals surface area (Å²) < 4.78 is 2.05. The van der Waals surface area contributed by atoms with Crippen LogP contribution in [0.15, 0.2) is 24.9 Å². The Morgan fingerprint density at radius 2 is 2.28 bits per heavy atom. The molecule has 0 atom stereocenters. The highest BCUT2D eigenvalue weighted by molar-refractivity contribution is 6.32. The Bertz CT molecular complexity index is 484. The van der Waals surface area contributed by atoms with Gasteiger partial charge in [-0.3, -0.25) is 0 Å². The average molecular weight is 267 g/mol. The molecule has 2 aromatic heterocycles. The number of nitrogen functional groups attached to an aromatic ring is 1. The number of nitrogens with two attached hydrogens (primary N) is 1. The van der Waals surface area contributed by atoms with Crippen molar-refractivity contribution in [1.82, 2.24) is 19.5 Å². The first-order chi connectivity index (χ1) is 8.75. The molecule has 7 heteroatoms. The number of nitrogens with zero attached hydrogens (tertiary/aromatic N) is 4. The van der Waals surface area contributed by atoms with E-state index in [0.717, 1.165) is 25.9 Å². The summed E-state index contributed by atoms with van der Waals surface area (Å²) in [6.45, 7) is 1.76. The van der Waals surface area contributed by atoms with E-state index in [2.05, 4.69) is 24.8 Å². The van der Waals surface area contributed by atoms with Gasteiger partial charge in [-0.1, -0.05) is 11.6 Å². The second-order valence-corrected chi connectivity index (χ2v) is 4.27. The highest BCUT2D eigenvalue weighted by atomic mass is 35.5. The molecule has 0 saturated heterocycles. The Balaban J connectivity index is 1.70. The van der Waals surface area contributed by atoms with Gasteiger partial charge in [-0.25, -0.2) is 9.97 Å². The largest absolute Gasteiger partial charge is 0.369 e. The lowest BCUT2D eigenvalue weighted by atomic mass is 10.3. The quantitative estimate of drug-likeness (QED) is 0.779. The van der Waals surface area contributed by atoms with Crippen molar-refractivity contribution in [3.05, 3.63) is 29.9 Å². The van der Waals surface area contributed by atoms with Crippen LogP contribution in [-0.2, 0) is 6.54 Å². The summed E-state index contributed by atoms with van der Waals surface area (Å²) in [6, 6.07) is 0. The maximum absolute atomic E-state index is 5.93. The van der Waals surface area contributed by atoms with Gasteiger partial charge in [0.2, 0.25) is 5.95 Å². The standard InChI is InChI=1S/C11H15ClN6/c12-9-7-16-11(13)17-10(9)15-3-1-2-5-18-6-4-14-8-18/h4,6-8H,1-3,5H2,(H3,13,15,16,17). The van der Waals surface area contributed by atoms with Gasteiger partial charge in [0, 0.05) is 25.5 Å².